The molecule has 1 aromatic heterocycles. The predicted molar refractivity (Wildman–Crippen MR) is 116 cm³/mol. The molecule has 0 saturated heterocycles. The van der Waals surface area contributed by atoms with Gasteiger partial charge in [0.05, 0.1) is 0 Å². The molecule has 1 atom stereocenters. The summed E-state index contributed by atoms with van der Waals surface area (Å²) in [5.74, 6) is 1.33. The summed E-state index contributed by atoms with van der Waals surface area (Å²) in [6.07, 6.45) is -0.525. The van der Waals surface area contributed by atoms with Crippen LogP contribution < -0.4 is 10.1 Å². The van der Waals surface area contributed by atoms with Crippen molar-refractivity contribution in [3.63, 3.8) is 0 Å². The molecule has 0 unspecified atom stereocenters. The normalized spacial score (nSPS) is 14.6. The molecule has 6 nitrogen and oxygen atoms in total. The van der Waals surface area contributed by atoms with E-state index in [-0.39, 0.29) is 5.75 Å². The summed E-state index contributed by atoms with van der Waals surface area (Å²) in [5.41, 5.74) is 4.30. The fraction of sp³-hybridized carbons (Fsp3) is 0.0870. The van der Waals surface area contributed by atoms with Crippen molar-refractivity contribution >= 4 is 17.4 Å². The van der Waals surface area contributed by atoms with Crippen molar-refractivity contribution in [2.24, 2.45) is 0 Å². The number of phenolic OH excluding ortho intramolecular Hbond substituents is 1. The van der Waals surface area contributed by atoms with Gasteiger partial charge in [-0.3, -0.25) is 0 Å². The third-order valence-electron chi connectivity index (χ3n) is 4.72. The van der Waals surface area contributed by atoms with Gasteiger partial charge < -0.3 is 15.2 Å². The SMILES string of the molecule is Oc1cccc([C@H]2Nc3ccccc3-c3nnc(SCc4ccccc4)nc3O2)c1. The number of rotatable bonds is 4. The van der Waals surface area contributed by atoms with Crippen LogP contribution in [0, 0.1) is 0 Å². The Hall–Kier alpha value is -3.58. The van der Waals surface area contributed by atoms with Crippen LogP contribution in [0.25, 0.3) is 11.3 Å². The third kappa shape index (κ3) is 3.79. The number of fused-ring (bicyclic) bond motifs is 3. The van der Waals surface area contributed by atoms with Gasteiger partial charge in [0.2, 0.25) is 11.0 Å². The van der Waals surface area contributed by atoms with Gasteiger partial charge in [-0.25, -0.2) is 0 Å². The molecule has 1 aliphatic heterocycles. The van der Waals surface area contributed by atoms with Gasteiger partial charge in [0.15, 0.2) is 11.9 Å². The molecule has 4 aromatic rings. The van der Waals surface area contributed by atoms with Gasteiger partial charge in [0, 0.05) is 22.6 Å². The molecular weight excluding hydrogens is 396 g/mol. The summed E-state index contributed by atoms with van der Waals surface area (Å²) >= 11 is 1.51. The molecule has 5 rings (SSSR count). The van der Waals surface area contributed by atoms with Crippen LogP contribution in [0.2, 0.25) is 0 Å². The van der Waals surface area contributed by atoms with Crippen molar-refractivity contribution in [1.29, 1.82) is 0 Å². The first-order valence-corrected chi connectivity index (χ1v) is 10.5. The van der Waals surface area contributed by atoms with E-state index in [2.05, 4.69) is 32.6 Å². The van der Waals surface area contributed by atoms with E-state index in [1.165, 1.54) is 17.3 Å². The number of nitrogens with one attached hydrogen (secondary N) is 1. The average Bonchev–Trinajstić information content (AvgIpc) is 2.95. The van der Waals surface area contributed by atoms with Gasteiger partial charge in [0.1, 0.15) is 5.75 Å². The minimum atomic E-state index is -0.525. The van der Waals surface area contributed by atoms with Crippen LogP contribution in [0.1, 0.15) is 17.4 Å². The largest absolute Gasteiger partial charge is 0.508 e. The number of anilines is 1. The molecule has 0 fully saturated rings. The molecule has 148 valence electrons. The summed E-state index contributed by atoms with van der Waals surface area (Å²) < 4.78 is 6.22. The Balaban J connectivity index is 1.51. The van der Waals surface area contributed by atoms with Gasteiger partial charge in [-0.1, -0.05) is 72.4 Å². The smallest absolute Gasteiger partial charge is 0.247 e. The van der Waals surface area contributed by atoms with E-state index in [0.717, 1.165) is 22.6 Å². The van der Waals surface area contributed by atoms with E-state index in [1.54, 1.807) is 18.2 Å². The Morgan fingerprint density at radius 2 is 1.77 bits per heavy atom. The van der Waals surface area contributed by atoms with Crippen LogP contribution in [0.5, 0.6) is 11.6 Å². The highest BCUT2D eigenvalue weighted by atomic mass is 32.2. The minimum Gasteiger partial charge on any atom is -0.508 e. The van der Waals surface area contributed by atoms with Crippen molar-refractivity contribution in [2.45, 2.75) is 17.1 Å². The van der Waals surface area contributed by atoms with Crippen molar-refractivity contribution in [3.8, 4) is 22.9 Å². The van der Waals surface area contributed by atoms with E-state index in [4.69, 9.17) is 4.74 Å². The molecule has 0 saturated carbocycles. The zero-order valence-corrected chi connectivity index (χ0v) is 16.7. The Morgan fingerprint density at radius 1 is 0.933 bits per heavy atom. The van der Waals surface area contributed by atoms with E-state index >= 15 is 0 Å². The molecule has 0 spiro atoms. The van der Waals surface area contributed by atoms with Crippen LogP contribution in [0.15, 0.2) is 84.0 Å². The highest BCUT2D eigenvalue weighted by molar-refractivity contribution is 7.98. The summed E-state index contributed by atoms with van der Waals surface area (Å²) in [6.45, 7) is 0. The minimum absolute atomic E-state index is 0.176. The van der Waals surface area contributed by atoms with Crippen LogP contribution >= 0.6 is 11.8 Å². The predicted octanol–water partition coefficient (Wildman–Crippen LogP) is 5.04. The Labute approximate surface area is 178 Å². The van der Waals surface area contributed by atoms with Gasteiger partial charge >= 0.3 is 0 Å². The van der Waals surface area contributed by atoms with Crippen LogP contribution in [-0.4, -0.2) is 20.3 Å². The molecule has 2 heterocycles. The van der Waals surface area contributed by atoms with Crippen molar-refractivity contribution in [3.05, 3.63) is 90.0 Å². The second-order valence-electron chi connectivity index (χ2n) is 6.81. The second kappa shape index (κ2) is 8.04. The molecule has 1 aliphatic rings. The van der Waals surface area contributed by atoms with Gasteiger partial charge in [-0.15, -0.1) is 10.2 Å². The van der Waals surface area contributed by atoms with Crippen LogP contribution in [0.3, 0.4) is 0 Å². The lowest BCUT2D eigenvalue weighted by atomic mass is 10.1. The number of thioether (sulfide) groups is 1. The summed E-state index contributed by atoms with van der Waals surface area (Å²) in [5, 5.41) is 22.6. The van der Waals surface area contributed by atoms with E-state index in [1.807, 2.05) is 48.5 Å². The number of hydrogen-bond acceptors (Lipinski definition) is 7. The van der Waals surface area contributed by atoms with Crippen LogP contribution in [0.4, 0.5) is 5.69 Å². The van der Waals surface area contributed by atoms with Crippen molar-refractivity contribution < 1.29 is 9.84 Å². The molecule has 0 amide bonds. The lowest BCUT2D eigenvalue weighted by Crippen LogP contribution is -2.17. The lowest BCUT2D eigenvalue weighted by molar-refractivity contribution is 0.225. The van der Waals surface area contributed by atoms with Gasteiger partial charge in [-0.2, -0.15) is 4.98 Å². The highest BCUT2D eigenvalue weighted by Gasteiger charge is 2.26. The molecule has 30 heavy (non-hydrogen) atoms. The first-order chi connectivity index (χ1) is 14.8. The first-order valence-electron chi connectivity index (χ1n) is 9.49. The zero-order chi connectivity index (χ0) is 20.3. The number of phenols is 1. The number of aromatic nitrogens is 3. The van der Waals surface area contributed by atoms with Gasteiger partial charge in [0.25, 0.3) is 0 Å². The molecule has 0 radical (unpaired) electrons. The summed E-state index contributed by atoms with van der Waals surface area (Å²) in [4.78, 5) is 4.65. The average molecular weight is 414 g/mol. The summed E-state index contributed by atoms with van der Waals surface area (Å²) in [6, 6.07) is 24.9. The van der Waals surface area contributed by atoms with Crippen molar-refractivity contribution in [1.82, 2.24) is 15.2 Å². The van der Waals surface area contributed by atoms with Crippen LogP contribution in [-0.2, 0) is 5.75 Å². The molecule has 3 aromatic carbocycles. The number of hydrogen-bond donors (Lipinski definition) is 2. The third-order valence-corrected chi connectivity index (χ3v) is 5.63. The maximum atomic E-state index is 9.90. The van der Waals surface area contributed by atoms with E-state index in [0.29, 0.717) is 16.7 Å². The monoisotopic (exact) mass is 414 g/mol. The molecule has 0 bridgehead atoms. The fourth-order valence-corrected chi connectivity index (χ4v) is 4.00. The zero-order valence-electron chi connectivity index (χ0n) is 15.9. The molecule has 0 aliphatic carbocycles. The number of benzene rings is 3. The van der Waals surface area contributed by atoms with E-state index in [9.17, 15) is 5.11 Å². The number of ether oxygens (including phenoxy) is 1. The van der Waals surface area contributed by atoms with Crippen molar-refractivity contribution in [2.75, 3.05) is 5.32 Å². The van der Waals surface area contributed by atoms with E-state index < -0.39 is 6.23 Å². The lowest BCUT2D eigenvalue weighted by Gasteiger charge is -2.19. The molecular formula is C23H18N4O2S. The maximum Gasteiger partial charge on any atom is 0.247 e. The standard InChI is InChI=1S/C23H18N4O2S/c28-17-10-6-9-16(13-17)21-24-19-12-5-4-11-18(19)20-22(29-21)25-23(27-26-20)30-14-15-7-2-1-3-8-15/h1-13,21,24,28H,14H2/t21-/m0/s1. The molecule has 2 N–H and O–H groups in total. The quantitative estimate of drug-likeness (QED) is 0.453. The first kappa shape index (κ1) is 18.4. The maximum absolute atomic E-state index is 9.90. The number of aromatic hydroxyl groups is 1. The number of para-hydroxylation sites is 1. The molecule has 7 heteroatoms. The summed E-state index contributed by atoms with van der Waals surface area (Å²) in [7, 11) is 0. The topological polar surface area (TPSA) is 80.2 Å². The fourth-order valence-electron chi connectivity index (χ4n) is 3.27. The highest BCUT2D eigenvalue weighted by Crippen LogP contribution is 2.39. The Morgan fingerprint density at radius 3 is 2.63 bits per heavy atom. The van der Waals surface area contributed by atoms with Gasteiger partial charge in [-0.05, 0) is 23.8 Å². The Bertz CT molecular complexity index is 1190. The Kier molecular flexibility index (Phi) is 4.94. The second-order valence-corrected chi connectivity index (χ2v) is 7.75. The number of nitrogens with zero attached hydrogens (tertiary/aromatic N) is 3.